The Kier molecular flexibility index (Phi) is 4.44. The van der Waals surface area contributed by atoms with E-state index >= 15 is 0 Å². The van der Waals surface area contributed by atoms with Gasteiger partial charge in [0.2, 0.25) is 0 Å². The summed E-state index contributed by atoms with van der Waals surface area (Å²) in [7, 11) is 0. The topological polar surface area (TPSA) is 54.4 Å². The number of carbonyl (C=O) groups excluding carboxylic acids is 1. The number of Topliss-reactive ketones (excluding diaryl/α,β-unsaturated/α-hetero) is 1. The summed E-state index contributed by atoms with van der Waals surface area (Å²) in [5.74, 6) is -1.84. The number of carboxylic acid groups (broad SMARTS) is 1. The fourth-order valence-corrected chi connectivity index (χ4v) is 1.64. The summed E-state index contributed by atoms with van der Waals surface area (Å²) in [6.07, 6.45) is 0.961. The highest BCUT2D eigenvalue weighted by atomic mass is 16.4. The van der Waals surface area contributed by atoms with Crippen molar-refractivity contribution in [2.24, 2.45) is 11.8 Å². The highest BCUT2D eigenvalue weighted by Crippen LogP contribution is 2.13. The van der Waals surface area contributed by atoms with Gasteiger partial charge in [-0.25, -0.2) is 0 Å². The van der Waals surface area contributed by atoms with E-state index in [9.17, 15) is 9.59 Å². The lowest BCUT2D eigenvalue weighted by atomic mass is 9.96. The number of aliphatic carboxylic acids is 1. The molecule has 0 saturated heterocycles. The van der Waals surface area contributed by atoms with Gasteiger partial charge in [0.1, 0.15) is 5.92 Å². The van der Waals surface area contributed by atoms with E-state index in [1.54, 1.807) is 12.1 Å². The highest BCUT2D eigenvalue weighted by molar-refractivity contribution is 6.07. The molecule has 0 spiro atoms. The lowest BCUT2D eigenvalue weighted by Crippen LogP contribution is -2.20. The number of carboxylic acids is 1. The summed E-state index contributed by atoms with van der Waals surface area (Å²) >= 11 is 0. The van der Waals surface area contributed by atoms with Crippen LogP contribution in [-0.2, 0) is 11.2 Å². The van der Waals surface area contributed by atoms with Crippen LogP contribution in [0.1, 0.15) is 36.7 Å². The van der Waals surface area contributed by atoms with Gasteiger partial charge in [-0.1, -0.05) is 38.1 Å². The molecule has 1 aromatic rings. The van der Waals surface area contributed by atoms with Crippen molar-refractivity contribution in [2.75, 3.05) is 0 Å². The molecule has 0 heterocycles. The van der Waals surface area contributed by atoms with Crippen molar-refractivity contribution in [1.29, 1.82) is 0 Å². The Morgan fingerprint density at radius 1 is 1.12 bits per heavy atom. The predicted octanol–water partition coefficient (Wildman–Crippen LogP) is 2.79. The zero-order valence-electron chi connectivity index (χ0n) is 10.4. The maximum Gasteiger partial charge on any atom is 0.314 e. The number of ketones is 1. The summed E-state index contributed by atoms with van der Waals surface area (Å²) in [5.41, 5.74) is 1.63. The van der Waals surface area contributed by atoms with Crippen molar-refractivity contribution in [3.8, 4) is 0 Å². The number of rotatable bonds is 5. The largest absolute Gasteiger partial charge is 0.481 e. The molecular weight excluding hydrogens is 216 g/mol. The Morgan fingerprint density at radius 3 is 2.06 bits per heavy atom. The molecule has 1 N–H and O–H groups in total. The van der Waals surface area contributed by atoms with E-state index in [0.717, 1.165) is 6.42 Å². The van der Waals surface area contributed by atoms with Crippen molar-refractivity contribution in [3.63, 3.8) is 0 Å². The van der Waals surface area contributed by atoms with Crippen LogP contribution in [0.25, 0.3) is 0 Å². The Morgan fingerprint density at radius 2 is 1.65 bits per heavy atom. The van der Waals surface area contributed by atoms with E-state index in [4.69, 9.17) is 5.11 Å². The fraction of sp³-hybridized carbons (Fsp3) is 0.429. The minimum absolute atomic E-state index is 0.339. The smallest absolute Gasteiger partial charge is 0.314 e. The van der Waals surface area contributed by atoms with E-state index in [2.05, 4.69) is 13.8 Å². The first-order valence-corrected chi connectivity index (χ1v) is 5.77. The van der Waals surface area contributed by atoms with Crippen LogP contribution in [0.15, 0.2) is 24.3 Å². The highest BCUT2D eigenvalue weighted by Gasteiger charge is 2.21. The van der Waals surface area contributed by atoms with Crippen LogP contribution in [0.5, 0.6) is 0 Å². The Bertz CT molecular complexity index is 404. The van der Waals surface area contributed by atoms with Crippen LogP contribution in [0.3, 0.4) is 0 Å². The molecule has 0 aromatic heterocycles. The Labute approximate surface area is 101 Å². The van der Waals surface area contributed by atoms with Crippen LogP contribution in [-0.4, -0.2) is 16.9 Å². The fourth-order valence-electron chi connectivity index (χ4n) is 1.64. The van der Waals surface area contributed by atoms with E-state index in [1.807, 2.05) is 12.1 Å². The van der Waals surface area contributed by atoms with Crippen molar-refractivity contribution in [2.45, 2.75) is 27.2 Å². The Balaban J connectivity index is 2.80. The van der Waals surface area contributed by atoms with Crippen LogP contribution in [0.4, 0.5) is 0 Å². The molecule has 1 rings (SSSR count). The molecule has 0 aliphatic heterocycles. The zero-order chi connectivity index (χ0) is 13.0. The quantitative estimate of drug-likeness (QED) is 0.629. The normalized spacial score (nSPS) is 12.5. The summed E-state index contributed by atoms with van der Waals surface area (Å²) in [6, 6.07) is 7.20. The third-order valence-corrected chi connectivity index (χ3v) is 2.65. The lowest BCUT2D eigenvalue weighted by molar-refractivity contribution is -0.139. The van der Waals surface area contributed by atoms with Crippen LogP contribution >= 0.6 is 0 Å². The molecule has 0 amide bonds. The molecule has 0 radical (unpaired) electrons. The molecule has 0 bridgehead atoms. The summed E-state index contributed by atoms with van der Waals surface area (Å²) < 4.78 is 0. The number of hydrogen-bond acceptors (Lipinski definition) is 2. The second kappa shape index (κ2) is 5.62. The first-order chi connectivity index (χ1) is 7.91. The molecule has 1 aromatic carbocycles. The second-order valence-electron chi connectivity index (χ2n) is 4.72. The first kappa shape index (κ1) is 13.4. The minimum atomic E-state index is -1.08. The molecule has 3 heteroatoms. The minimum Gasteiger partial charge on any atom is -0.481 e. The third-order valence-electron chi connectivity index (χ3n) is 2.65. The maximum absolute atomic E-state index is 11.7. The second-order valence-corrected chi connectivity index (χ2v) is 4.72. The molecule has 1 unspecified atom stereocenters. The van der Waals surface area contributed by atoms with Gasteiger partial charge in [0.25, 0.3) is 0 Å². The summed E-state index contributed by atoms with van der Waals surface area (Å²) in [6.45, 7) is 5.67. The van der Waals surface area contributed by atoms with Crippen molar-refractivity contribution in [1.82, 2.24) is 0 Å². The molecule has 17 heavy (non-hydrogen) atoms. The van der Waals surface area contributed by atoms with Gasteiger partial charge >= 0.3 is 5.97 Å². The summed E-state index contributed by atoms with van der Waals surface area (Å²) in [4.78, 5) is 22.4. The van der Waals surface area contributed by atoms with Gasteiger partial charge in [-0.15, -0.1) is 0 Å². The molecule has 0 aliphatic carbocycles. The average molecular weight is 234 g/mol. The Hall–Kier alpha value is -1.64. The van der Waals surface area contributed by atoms with E-state index in [-0.39, 0.29) is 5.78 Å². The first-order valence-electron chi connectivity index (χ1n) is 5.77. The molecule has 3 nitrogen and oxygen atoms in total. The molecule has 1 atom stereocenters. The van der Waals surface area contributed by atoms with Gasteiger partial charge in [-0.2, -0.15) is 0 Å². The van der Waals surface area contributed by atoms with E-state index < -0.39 is 11.9 Å². The standard InChI is InChI=1S/C14H18O3/c1-9(2)8-11-4-6-12(7-5-11)13(15)10(3)14(16)17/h4-7,9-10H,8H2,1-3H3,(H,16,17). The van der Waals surface area contributed by atoms with Crippen LogP contribution in [0, 0.1) is 11.8 Å². The van der Waals surface area contributed by atoms with Crippen molar-refractivity contribution >= 4 is 11.8 Å². The molecule has 92 valence electrons. The monoisotopic (exact) mass is 234 g/mol. The predicted molar refractivity (Wildman–Crippen MR) is 66.1 cm³/mol. The average Bonchev–Trinajstić information content (AvgIpc) is 2.27. The van der Waals surface area contributed by atoms with E-state index in [1.165, 1.54) is 12.5 Å². The van der Waals surface area contributed by atoms with Gasteiger partial charge in [-0.05, 0) is 24.8 Å². The molecule has 0 saturated carbocycles. The lowest BCUT2D eigenvalue weighted by Gasteiger charge is -2.08. The van der Waals surface area contributed by atoms with Crippen LogP contribution < -0.4 is 0 Å². The SMILES string of the molecule is CC(C)Cc1ccc(C(=O)C(C)C(=O)O)cc1. The van der Waals surface area contributed by atoms with Crippen molar-refractivity contribution in [3.05, 3.63) is 35.4 Å². The molecular formula is C14H18O3. The molecule has 0 aliphatic rings. The molecule has 0 fully saturated rings. The van der Waals surface area contributed by atoms with Crippen LogP contribution in [0.2, 0.25) is 0 Å². The number of hydrogen-bond donors (Lipinski definition) is 1. The number of carbonyl (C=O) groups is 2. The van der Waals surface area contributed by atoms with Gasteiger partial charge in [0, 0.05) is 5.56 Å². The number of benzene rings is 1. The maximum atomic E-state index is 11.7. The van der Waals surface area contributed by atoms with Gasteiger partial charge in [-0.3, -0.25) is 9.59 Å². The van der Waals surface area contributed by atoms with Gasteiger partial charge < -0.3 is 5.11 Å². The van der Waals surface area contributed by atoms with E-state index in [0.29, 0.717) is 11.5 Å². The van der Waals surface area contributed by atoms with Gasteiger partial charge in [0.15, 0.2) is 5.78 Å². The van der Waals surface area contributed by atoms with Crippen molar-refractivity contribution < 1.29 is 14.7 Å². The third kappa shape index (κ3) is 3.70. The summed E-state index contributed by atoms with van der Waals surface area (Å²) in [5, 5.41) is 8.77. The zero-order valence-corrected chi connectivity index (χ0v) is 10.4. The van der Waals surface area contributed by atoms with Gasteiger partial charge in [0.05, 0.1) is 0 Å².